The van der Waals surface area contributed by atoms with Crippen molar-refractivity contribution in [2.24, 2.45) is 5.92 Å². The molecule has 76 valence electrons. The zero-order valence-electron chi connectivity index (χ0n) is 8.00. The summed E-state index contributed by atoms with van der Waals surface area (Å²) < 4.78 is 5.33. The van der Waals surface area contributed by atoms with E-state index in [0.29, 0.717) is 5.92 Å². The highest BCUT2D eigenvalue weighted by molar-refractivity contribution is 6.30. The predicted molar refractivity (Wildman–Crippen MR) is 58.5 cm³/mol. The molecule has 1 atom stereocenters. The highest BCUT2D eigenvalue weighted by atomic mass is 35.5. The molecule has 0 bridgehead atoms. The minimum atomic E-state index is 0.607. The molecule has 0 saturated carbocycles. The zero-order chi connectivity index (χ0) is 9.97. The van der Waals surface area contributed by atoms with Gasteiger partial charge in [0, 0.05) is 23.9 Å². The van der Waals surface area contributed by atoms with Crippen LogP contribution in [0.3, 0.4) is 0 Å². The van der Waals surface area contributed by atoms with Gasteiger partial charge < -0.3 is 10.5 Å². The Hall–Kier alpha value is -0.730. The Kier molecular flexibility index (Phi) is 2.94. The number of hydrogen-bond acceptors (Lipinski definition) is 2. The standard InChI is InChI=1S/C11H14ClNO/c12-10-1-2-11(13)9(6-10)5-8-3-4-14-7-8/h1-2,6,8H,3-5,7,13H2. The number of halogens is 1. The average Bonchev–Trinajstić information content (AvgIpc) is 2.64. The van der Waals surface area contributed by atoms with Crippen molar-refractivity contribution in [3.05, 3.63) is 28.8 Å². The topological polar surface area (TPSA) is 35.2 Å². The minimum Gasteiger partial charge on any atom is -0.399 e. The molecule has 1 aromatic carbocycles. The SMILES string of the molecule is Nc1ccc(Cl)cc1CC1CCOC1. The first kappa shape index (κ1) is 9.81. The van der Waals surface area contributed by atoms with Gasteiger partial charge in [-0.2, -0.15) is 0 Å². The third kappa shape index (κ3) is 2.20. The molecule has 14 heavy (non-hydrogen) atoms. The molecule has 1 aromatic rings. The van der Waals surface area contributed by atoms with E-state index in [-0.39, 0.29) is 0 Å². The van der Waals surface area contributed by atoms with Crippen molar-refractivity contribution in [1.82, 2.24) is 0 Å². The van der Waals surface area contributed by atoms with Gasteiger partial charge in [0.1, 0.15) is 0 Å². The lowest BCUT2D eigenvalue weighted by atomic mass is 9.98. The summed E-state index contributed by atoms with van der Waals surface area (Å²) >= 11 is 5.92. The van der Waals surface area contributed by atoms with Gasteiger partial charge in [-0.1, -0.05) is 11.6 Å². The van der Waals surface area contributed by atoms with Crippen molar-refractivity contribution in [3.8, 4) is 0 Å². The van der Waals surface area contributed by atoms with Gasteiger partial charge in [0.05, 0.1) is 0 Å². The molecule has 0 amide bonds. The van der Waals surface area contributed by atoms with Crippen LogP contribution in [0.1, 0.15) is 12.0 Å². The van der Waals surface area contributed by atoms with E-state index in [1.807, 2.05) is 18.2 Å². The second-order valence-corrected chi connectivity index (χ2v) is 4.21. The van der Waals surface area contributed by atoms with Crippen LogP contribution in [-0.2, 0) is 11.2 Å². The van der Waals surface area contributed by atoms with Gasteiger partial charge in [-0.15, -0.1) is 0 Å². The normalized spacial score (nSPS) is 21.4. The maximum Gasteiger partial charge on any atom is 0.0498 e. The summed E-state index contributed by atoms with van der Waals surface area (Å²) in [5, 5.41) is 0.758. The molecule has 1 heterocycles. The number of rotatable bonds is 2. The van der Waals surface area contributed by atoms with Gasteiger partial charge in [-0.3, -0.25) is 0 Å². The van der Waals surface area contributed by atoms with Crippen LogP contribution in [0.2, 0.25) is 5.02 Å². The first-order valence-corrected chi connectivity index (χ1v) is 5.25. The lowest BCUT2D eigenvalue weighted by Crippen LogP contribution is -2.05. The van der Waals surface area contributed by atoms with E-state index in [9.17, 15) is 0 Å². The van der Waals surface area contributed by atoms with E-state index in [0.717, 1.165) is 42.3 Å². The monoisotopic (exact) mass is 211 g/mol. The number of nitrogens with two attached hydrogens (primary N) is 1. The van der Waals surface area contributed by atoms with Gasteiger partial charge in [0.15, 0.2) is 0 Å². The molecule has 0 spiro atoms. The fraction of sp³-hybridized carbons (Fsp3) is 0.455. The van der Waals surface area contributed by atoms with Crippen molar-refractivity contribution in [2.45, 2.75) is 12.8 Å². The van der Waals surface area contributed by atoms with Crippen molar-refractivity contribution < 1.29 is 4.74 Å². The lowest BCUT2D eigenvalue weighted by Gasteiger charge is -2.10. The fourth-order valence-electron chi connectivity index (χ4n) is 1.81. The summed E-state index contributed by atoms with van der Waals surface area (Å²) in [6.45, 7) is 1.73. The van der Waals surface area contributed by atoms with E-state index >= 15 is 0 Å². The minimum absolute atomic E-state index is 0.607. The molecule has 2 rings (SSSR count). The van der Waals surface area contributed by atoms with E-state index in [4.69, 9.17) is 22.1 Å². The van der Waals surface area contributed by atoms with Gasteiger partial charge >= 0.3 is 0 Å². The van der Waals surface area contributed by atoms with Gasteiger partial charge in [0.2, 0.25) is 0 Å². The number of benzene rings is 1. The zero-order valence-corrected chi connectivity index (χ0v) is 8.76. The van der Waals surface area contributed by atoms with Crippen molar-refractivity contribution in [1.29, 1.82) is 0 Å². The smallest absolute Gasteiger partial charge is 0.0498 e. The molecular formula is C11H14ClNO. The summed E-state index contributed by atoms with van der Waals surface area (Å²) in [5.41, 5.74) is 7.85. The van der Waals surface area contributed by atoms with Gasteiger partial charge in [-0.25, -0.2) is 0 Å². The van der Waals surface area contributed by atoms with E-state index in [1.54, 1.807) is 0 Å². The Morgan fingerprint density at radius 2 is 2.36 bits per heavy atom. The second-order valence-electron chi connectivity index (χ2n) is 3.78. The van der Waals surface area contributed by atoms with Crippen molar-refractivity contribution >= 4 is 17.3 Å². The van der Waals surface area contributed by atoms with Crippen LogP contribution in [0.4, 0.5) is 5.69 Å². The van der Waals surface area contributed by atoms with Crippen LogP contribution in [0.5, 0.6) is 0 Å². The highest BCUT2D eigenvalue weighted by Crippen LogP contribution is 2.24. The third-order valence-corrected chi connectivity index (χ3v) is 2.87. The van der Waals surface area contributed by atoms with E-state index < -0.39 is 0 Å². The van der Waals surface area contributed by atoms with Crippen molar-refractivity contribution in [2.75, 3.05) is 18.9 Å². The first-order valence-electron chi connectivity index (χ1n) is 4.87. The van der Waals surface area contributed by atoms with E-state index in [2.05, 4.69) is 0 Å². The summed E-state index contributed by atoms with van der Waals surface area (Å²) in [7, 11) is 0. The second kappa shape index (κ2) is 4.20. The number of anilines is 1. The summed E-state index contributed by atoms with van der Waals surface area (Å²) in [6.07, 6.45) is 2.11. The molecule has 1 aliphatic heterocycles. The van der Waals surface area contributed by atoms with Crippen LogP contribution in [0.25, 0.3) is 0 Å². The molecule has 1 saturated heterocycles. The lowest BCUT2D eigenvalue weighted by molar-refractivity contribution is 0.186. The summed E-state index contributed by atoms with van der Waals surface area (Å²) in [4.78, 5) is 0. The quantitative estimate of drug-likeness (QED) is 0.763. The molecule has 1 aliphatic rings. The van der Waals surface area contributed by atoms with E-state index in [1.165, 1.54) is 0 Å². The molecule has 1 fully saturated rings. The Morgan fingerprint density at radius 1 is 1.50 bits per heavy atom. The van der Waals surface area contributed by atoms with Crippen LogP contribution in [0.15, 0.2) is 18.2 Å². The Balaban J connectivity index is 2.10. The first-order chi connectivity index (χ1) is 6.75. The average molecular weight is 212 g/mol. The number of ether oxygens (including phenoxy) is 1. The molecule has 0 radical (unpaired) electrons. The maximum atomic E-state index is 5.92. The molecule has 2 nitrogen and oxygen atoms in total. The Morgan fingerprint density at radius 3 is 3.07 bits per heavy atom. The molecule has 0 aliphatic carbocycles. The molecule has 1 unspecified atom stereocenters. The van der Waals surface area contributed by atoms with Crippen LogP contribution in [-0.4, -0.2) is 13.2 Å². The largest absolute Gasteiger partial charge is 0.399 e. The van der Waals surface area contributed by atoms with Crippen LogP contribution < -0.4 is 5.73 Å². The number of hydrogen-bond donors (Lipinski definition) is 1. The Labute approximate surface area is 89.0 Å². The summed E-state index contributed by atoms with van der Waals surface area (Å²) in [5.74, 6) is 0.607. The number of nitrogen functional groups attached to an aromatic ring is 1. The molecule has 0 aromatic heterocycles. The molecular weight excluding hydrogens is 198 g/mol. The van der Waals surface area contributed by atoms with Gasteiger partial charge in [0.25, 0.3) is 0 Å². The third-order valence-electron chi connectivity index (χ3n) is 2.64. The highest BCUT2D eigenvalue weighted by Gasteiger charge is 2.17. The predicted octanol–water partition coefficient (Wildman–Crippen LogP) is 2.50. The van der Waals surface area contributed by atoms with Crippen molar-refractivity contribution in [3.63, 3.8) is 0 Å². The molecule has 3 heteroatoms. The Bertz CT molecular complexity index is 321. The van der Waals surface area contributed by atoms with Crippen LogP contribution >= 0.6 is 11.6 Å². The van der Waals surface area contributed by atoms with Gasteiger partial charge in [-0.05, 0) is 42.5 Å². The summed E-state index contributed by atoms with van der Waals surface area (Å²) in [6, 6.07) is 5.65. The molecule has 2 N–H and O–H groups in total. The van der Waals surface area contributed by atoms with Crippen LogP contribution in [0, 0.1) is 5.92 Å². The maximum absolute atomic E-state index is 5.92. The fourth-order valence-corrected chi connectivity index (χ4v) is 2.00.